The van der Waals surface area contributed by atoms with Crippen LogP contribution in [0.2, 0.25) is 15.9 Å². The normalized spacial score (nSPS) is 9.67. The zero-order chi connectivity index (χ0) is 13.7. The molecule has 2 aromatic heterocycles. The van der Waals surface area contributed by atoms with Gasteiger partial charge in [0.05, 0.1) is 0 Å². The smallest absolute Gasteiger partial charge is 0.195 e. The van der Waals surface area contributed by atoms with E-state index >= 15 is 0 Å². The summed E-state index contributed by atoms with van der Waals surface area (Å²) in [7, 11) is 0. The van der Waals surface area contributed by atoms with Crippen LogP contribution in [0.3, 0.4) is 0 Å². The van der Waals surface area contributed by atoms with Crippen LogP contribution in [-0.2, 0) is 0 Å². The van der Waals surface area contributed by atoms with Crippen molar-refractivity contribution < 1.29 is 0 Å². The molecule has 96 valence electrons. The zero-order valence-electron chi connectivity index (χ0n) is 7.95. The van der Waals surface area contributed by atoms with Gasteiger partial charge in [-0.15, -0.1) is 0 Å². The lowest BCUT2D eigenvalue weighted by Crippen LogP contribution is -1.88. The molecular weight excluding hydrogens is 502 g/mol. The molecule has 2 aromatic rings. The average Bonchev–Trinajstić information content (AvgIpc) is 2.12. The number of halogens is 6. The van der Waals surface area contributed by atoms with Gasteiger partial charge in [0.1, 0.15) is 0 Å². The Morgan fingerprint density at radius 3 is 0.944 bits per heavy atom. The maximum atomic E-state index is 5.32. The van der Waals surface area contributed by atoms with Crippen LogP contribution >= 0.6 is 82.6 Å². The predicted molar refractivity (Wildman–Crippen MR) is 77.8 cm³/mol. The fourth-order valence-electron chi connectivity index (χ4n) is 0.607. The number of rotatable bonds is 0. The van der Waals surface area contributed by atoms with E-state index in [1.54, 1.807) is 0 Å². The van der Waals surface area contributed by atoms with Crippen molar-refractivity contribution in [2.75, 3.05) is 0 Å². The Morgan fingerprint density at radius 2 is 0.722 bits per heavy atom. The van der Waals surface area contributed by atoms with E-state index in [0.29, 0.717) is 14.2 Å². The van der Waals surface area contributed by atoms with E-state index in [1.165, 1.54) is 0 Å². The van der Waals surface area contributed by atoms with Gasteiger partial charge in [-0.05, 0) is 82.6 Å². The standard InChI is InChI=1S/C3Br3N3.C3Cl3N3/c2*4-1-7-2(5)9-3(6)8-1. The van der Waals surface area contributed by atoms with E-state index in [2.05, 4.69) is 77.7 Å². The highest BCUT2D eigenvalue weighted by Crippen LogP contribution is 2.11. The van der Waals surface area contributed by atoms with Gasteiger partial charge in [0.15, 0.2) is 0 Å². The molecule has 0 unspecified atom stereocenters. The first-order valence-electron chi connectivity index (χ1n) is 3.82. The number of nitrogens with zero attached hydrogens (tertiary/aromatic N) is 6. The fourth-order valence-corrected chi connectivity index (χ4v) is 2.94. The molecule has 0 saturated heterocycles. The number of hydrogen-bond acceptors (Lipinski definition) is 6. The highest BCUT2D eigenvalue weighted by atomic mass is 79.9. The van der Waals surface area contributed by atoms with E-state index in [-0.39, 0.29) is 15.9 Å². The first-order valence-corrected chi connectivity index (χ1v) is 7.33. The molecule has 2 heterocycles. The van der Waals surface area contributed by atoms with Crippen molar-refractivity contribution in [2.45, 2.75) is 0 Å². The maximum absolute atomic E-state index is 5.32. The van der Waals surface area contributed by atoms with Crippen molar-refractivity contribution in [3.63, 3.8) is 0 Å². The minimum Gasteiger partial charge on any atom is -0.195 e. The molecule has 0 fully saturated rings. The Kier molecular flexibility index (Phi) is 7.11. The van der Waals surface area contributed by atoms with E-state index < -0.39 is 0 Å². The van der Waals surface area contributed by atoms with Crippen LogP contribution in [-0.4, -0.2) is 29.9 Å². The summed E-state index contributed by atoms with van der Waals surface area (Å²) >= 11 is 25.2. The molecule has 0 aliphatic rings. The van der Waals surface area contributed by atoms with Gasteiger partial charge in [0, 0.05) is 0 Å². The molecule has 0 amide bonds. The molecule has 0 atom stereocenters. The van der Waals surface area contributed by atoms with Crippen LogP contribution in [0.1, 0.15) is 0 Å². The molecule has 0 spiro atoms. The minimum atomic E-state index is 0.000000000000000444. The van der Waals surface area contributed by atoms with Gasteiger partial charge >= 0.3 is 0 Å². The molecule has 2 rings (SSSR count). The highest BCUT2D eigenvalue weighted by Gasteiger charge is 1.97. The first kappa shape index (κ1) is 16.4. The first-order chi connectivity index (χ1) is 8.36. The van der Waals surface area contributed by atoms with Crippen LogP contribution in [0, 0.1) is 0 Å². The average molecular weight is 502 g/mol. The predicted octanol–water partition coefficient (Wildman–Crippen LogP) is 3.99. The summed E-state index contributed by atoms with van der Waals surface area (Å²) < 4.78 is 1.53. The van der Waals surface area contributed by atoms with E-state index in [0.717, 1.165) is 0 Å². The van der Waals surface area contributed by atoms with Crippen LogP contribution in [0.4, 0.5) is 0 Å². The summed E-state index contributed by atoms with van der Waals surface area (Å²) in [6, 6.07) is 0. The molecule has 0 saturated carbocycles. The van der Waals surface area contributed by atoms with Gasteiger partial charge in [-0.1, -0.05) is 0 Å². The lowest BCUT2D eigenvalue weighted by molar-refractivity contribution is 0.942. The van der Waals surface area contributed by atoms with Crippen molar-refractivity contribution in [2.24, 2.45) is 0 Å². The third-order valence-electron chi connectivity index (χ3n) is 1.11. The van der Waals surface area contributed by atoms with Gasteiger partial charge in [0.25, 0.3) is 0 Å². The largest absolute Gasteiger partial charge is 0.227 e. The molecule has 0 aliphatic heterocycles. The molecule has 0 aromatic carbocycles. The fraction of sp³-hybridized carbons (Fsp3) is 0. The monoisotopic (exact) mass is 498 g/mol. The van der Waals surface area contributed by atoms with E-state index in [4.69, 9.17) is 34.8 Å². The summed E-state index contributed by atoms with van der Waals surface area (Å²) in [4.78, 5) is 21.8. The maximum Gasteiger partial charge on any atom is 0.227 e. The van der Waals surface area contributed by atoms with E-state index in [1.807, 2.05) is 0 Å². The van der Waals surface area contributed by atoms with Crippen LogP contribution in [0.15, 0.2) is 14.2 Å². The van der Waals surface area contributed by atoms with E-state index in [9.17, 15) is 0 Å². The molecular formula is C6Br3Cl3N6. The lowest BCUT2D eigenvalue weighted by atomic mass is 11.1. The quantitative estimate of drug-likeness (QED) is 0.543. The Morgan fingerprint density at radius 1 is 0.500 bits per heavy atom. The second kappa shape index (κ2) is 7.81. The third-order valence-corrected chi connectivity index (χ3v) is 2.68. The second-order valence-electron chi connectivity index (χ2n) is 2.29. The SMILES string of the molecule is Brc1nc(Br)nc(Br)n1.Clc1nc(Cl)nc(Cl)n1. The Bertz CT molecular complexity index is 406. The van der Waals surface area contributed by atoms with Crippen molar-refractivity contribution in [1.82, 2.24) is 29.9 Å². The molecule has 0 aliphatic carbocycles. The summed E-state index contributed by atoms with van der Waals surface area (Å²) in [5.41, 5.74) is 0. The summed E-state index contributed by atoms with van der Waals surface area (Å²) in [6.07, 6.45) is 0. The molecule has 0 radical (unpaired) electrons. The van der Waals surface area contributed by atoms with Crippen LogP contribution in [0.25, 0.3) is 0 Å². The topological polar surface area (TPSA) is 77.3 Å². The van der Waals surface area contributed by atoms with Crippen molar-refractivity contribution in [3.8, 4) is 0 Å². The Balaban J connectivity index is 0.000000180. The van der Waals surface area contributed by atoms with Gasteiger partial charge in [-0.3, -0.25) is 0 Å². The molecule has 0 N–H and O–H groups in total. The van der Waals surface area contributed by atoms with Crippen LogP contribution in [0.5, 0.6) is 0 Å². The zero-order valence-corrected chi connectivity index (χ0v) is 15.0. The minimum absolute atomic E-state index is 0.000000000000000444. The molecule has 18 heavy (non-hydrogen) atoms. The van der Waals surface area contributed by atoms with Crippen molar-refractivity contribution in [3.05, 3.63) is 30.1 Å². The molecule has 6 nitrogen and oxygen atoms in total. The molecule has 0 bridgehead atoms. The Hall–Kier alpha value is 0.330. The van der Waals surface area contributed by atoms with Crippen molar-refractivity contribution >= 4 is 82.6 Å². The van der Waals surface area contributed by atoms with Gasteiger partial charge in [-0.2, -0.15) is 29.9 Å². The summed E-state index contributed by atoms with van der Waals surface area (Å²) in [5, 5.41) is 0.00000000000000178. The Labute approximate surface area is 141 Å². The van der Waals surface area contributed by atoms with Gasteiger partial charge in [0.2, 0.25) is 30.1 Å². The highest BCUT2D eigenvalue weighted by molar-refractivity contribution is 9.11. The van der Waals surface area contributed by atoms with Crippen molar-refractivity contribution in [1.29, 1.82) is 0 Å². The van der Waals surface area contributed by atoms with Crippen LogP contribution < -0.4 is 0 Å². The summed E-state index contributed by atoms with van der Waals surface area (Å²) in [5.74, 6) is 0. The van der Waals surface area contributed by atoms with Gasteiger partial charge in [-0.25, -0.2) is 0 Å². The molecule has 12 heteroatoms. The number of aromatic nitrogens is 6. The summed E-state index contributed by atoms with van der Waals surface area (Å²) in [6.45, 7) is 0. The second-order valence-corrected chi connectivity index (χ2v) is 5.43. The third kappa shape index (κ3) is 6.48. The van der Waals surface area contributed by atoms with Gasteiger partial charge < -0.3 is 0 Å². The number of hydrogen-bond donors (Lipinski definition) is 0. The lowest BCUT2D eigenvalue weighted by Gasteiger charge is -1.89.